The van der Waals surface area contributed by atoms with Crippen molar-refractivity contribution in [3.8, 4) is 33.8 Å². The molecule has 0 aliphatic rings. The molecule has 44 heavy (non-hydrogen) atoms. The lowest BCUT2D eigenvalue weighted by Crippen LogP contribution is -1.94. The topological polar surface area (TPSA) is 51.0 Å². The largest absolute Gasteiger partial charge is 0.262 e. The maximum Gasteiger partial charge on any atom is 0.159 e. The molecule has 6 aromatic carbocycles. The van der Waals surface area contributed by atoms with E-state index >= 15 is 0 Å². The quantitative estimate of drug-likeness (QED) is 0.155. The van der Waals surface area contributed by atoms with Crippen LogP contribution in [-0.4, -0.2) is 21.7 Å². The fourth-order valence-electron chi connectivity index (χ4n) is 6.44. The zero-order valence-corrected chi connectivity index (χ0v) is 23.9. The predicted octanol–water partition coefficient (Wildman–Crippen LogP) is 10.5. The summed E-state index contributed by atoms with van der Waals surface area (Å²) in [5.74, 6) is 0.698. The van der Waals surface area contributed by atoms with Crippen LogP contribution in [0.2, 0.25) is 0 Å². The van der Waals surface area contributed by atoms with E-state index in [9.17, 15) is 0 Å². The molecule has 8 rings (SSSR count). The molecule has 0 atom stereocenters. The molecule has 0 amide bonds. The summed E-state index contributed by atoms with van der Waals surface area (Å²) in [5.41, 5.74) is 7.50. The molecule has 0 radical (unpaired) electrons. The maximum absolute atomic E-state index is 5.21. The van der Waals surface area contributed by atoms with Gasteiger partial charge in [-0.1, -0.05) is 97.6 Å². The van der Waals surface area contributed by atoms with Crippen molar-refractivity contribution in [2.75, 3.05) is 0 Å². The van der Waals surface area contributed by atoms with Gasteiger partial charge in [-0.3, -0.25) is 4.99 Å². The summed E-state index contributed by atoms with van der Waals surface area (Å²) in [6.07, 6.45) is 5.42. The van der Waals surface area contributed by atoms with E-state index in [-0.39, 0.29) is 0 Å². The van der Waals surface area contributed by atoms with E-state index in [1.54, 1.807) is 12.4 Å². The number of nitrogens with zero attached hydrogens (tertiary/aromatic N) is 4. The first-order valence-electron chi connectivity index (χ1n) is 14.5. The highest BCUT2D eigenvalue weighted by atomic mass is 14.9. The number of rotatable bonds is 5. The molecule has 206 valence electrons. The minimum absolute atomic E-state index is 0.698. The highest BCUT2D eigenvalue weighted by molar-refractivity contribution is 6.16. The molecule has 4 heteroatoms. The Morgan fingerprint density at radius 1 is 0.545 bits per heavy atom. The molecular formula is C40H26N4. The summed E-state index contributed by atoms with van der Waals surface area (Å²) in [6.45, 7) is 8.19. The average molecular weight is 563 g/mol. The van der Waals surface area contributed by atoms with Gasteiger partial charge < -0.3 is 0 Å². The van der Waals surface area contributed by atoms with Gasteiger partial charge in [-0.15, -0.1) is 0 Å². The van der Waals surface area contributed by atoms with Crippen LogP contribution in [0.5, 0.6) is 0 Å². The predicted molar refractivity (Wildman–Crippen MR) is 185 cm³/mol. The highest BCUT2D eigenvalue weighted by Crippen LogP contribution is 2.43. The van der Waals surface area contributed by atoms with Gasteiger partial charge in [-0.2, -0.15) is 0 Å². The third kappa shape index (κ3) is 4.00. The van der Waals surface area contributed by atoms with E-state index in [1.807, 2.05) is 18.2 Å². The third-order valence-electron chi connectivity index (χ3n) is 8.42. The number of benzene rings is 6. The zero-order chi connectivity index (χ0) is 29.6. The fraction of sp³-hybridized carbons (Fsp3) is 0. The molecule has 0 unspecified atom stereocenters. The number of aromatic nitrogens is 3. The number of pyridine rings is 1. The molecule has 0 saturated carbocycles. The van der Waals surface area contributed by atoms with E-state index in [0.717, 1.165) is 60.9 Å². The van der Waals surface area contributed by atoms with E-state index in [0.29, 0.717) is 5.82 Å². The number of fused-ring (bicyclic) bond motifs is 5. The average Bonchev–Trinajstić information content (AvgIpc) is 3.10. The molecule has 0 aliphatic heterocycles. The van der Waals surface area contributed by atoms with Gasteiger partial charge in [-0.25, -0.2) is 15.0 Å². The van der Waals surface area contributed by atoms with Crippen molar-refractivity contribution in [2.24, 2.45) is 4.99 Å². The first-order chi connectivity index (χ1) is 21.7. The van der Waals surface area contributed by atoms with Crippen LogP contribution in [0.3, 0.4) is 0 Å². The second-order valence-electron chi connectivity index (χ2n) is 10.8. The standard InChI is InChI=1S/C40H26N4/c1-3-27-35(36-23-25-11-4-5-12-28(25)29-13-6-9-16-32(29)36)24-26-17-20-37(44-38(26)39(27)41-2)33-18-19-34(40-42-21-10-22-43-40)31-15-8-7-14-30(31)33/h3-24H,1-2H2. The molecule has 0 N–H and O–H groups in total. The Morgan fingerprint density at radius 3 is 1.89 bits per heavy atom. The summed E-state index contributed by atoms with van der Waals surface area (Å²) in [7, 11) is 0. The Labute approximate surface area is 254 Å². The van der Waals surface area contributed by atoms with Gasteiger partial charge >= 0.3 is 0 Å². The molecule has 0 bridgehead atoms. The second-order valence-corrected chi connectivity index (χ2v) is 10.8. The first-order valence-corrected chi connectivity index (χ1v) is 14.5. The Bertz CT molecular complexity index is 2430. The number of hydrogen-bond donors (Lipinski definition) is 0. The summed E-state index contributed by atoms with van der Waals surface area (Å²) in [5, 5.41) is 7.97. The molecular weight excluding hydrogens is 536 g/mol. The van der Waals surface area contributed by atoms with Crippen LogP contribution < -0.4 is 0 Å². The van der Waals surface area contributed by atoms with E-state index < -0.39 is 0 Å². The molecule has 0 fully saturated rings. The molecule has 0 saturated heterocycles. The van der Waals surface area contributed by atoms with Crippen molar-refractivity contribution >= 4 is 61.7 Å². The Kier molecular flexibility index (Phi) is 6.05. The maximum atomic E-state index is 5.21. The summed E-state index contributed by atoms with van der Waals surface area (Å²) >= 11 is 0. The zero-order valence-electron chi connectivity index (χ0n) is 23.9. The summed E-state index contributed by atoms with van der Waals surface area (Å²) in [4.78, 5) is 18.8. The second kappa shape index (κ2) is 10.4. The third-order valence-corrected chi connectivity index (χ3v) is 8.42. The minimum atomic E-state index is 0.698. The molecule has 8 aromatic rings. The molecule has 0 aliphatic carbocycles. The van der Waals surface area contributed by atoms with Gasteiger partial charge in [0.25, 0.3) is 0 Å². The van der Waals surface area contributed by atoms with Crippen LogP contribution in [-0.2, 0) is 0 Å². The smallest absolute Gasteiger partial charge is 0.159 e. The van der Waals surface area contributed by atoms with Gasteiger partial charge in [0, 0.05) is 34.5 Å². The van der Waals surface area contributed by atoms with Gasteiger partial charge in [-0.05, 0) is 80.5 Å². The molecule has 2 heterocycles. The first kappa shape index (κ1) is 25.7. The molecule has 0 spiro atoms. The van der Waals surface area contributed by atoms with Crippen LogP contribution in [0.25, 0.3) is 83.1 Å². The number of hydrogen-bond acceptors (Lipinski definition) is 4. The lowest BCUT2D eigenvalue weighted by Gasteiger charge is -2.17. The SMILES string of the molecule is C=Cc1c(-c2cc3ccccc3c3ccccc23)cc2ccc(-c3ccc(-c4ncccn4)c4ccccc34)nc2c1N=C. The fourth-order valence-corrected chi connectivity index (χ4v) is 6.44. The van der Waals surface area contributed by atoms with Gasteiger partial charge in [0.15, 0.2) is 5.82 Å². The Morgan fingerprint density at radius 2 is 1.16 bits per heavy atom. The van der Waals surface area contributed by atoms with Gasteiger partial charge in [0.05, 0.1) is 16.9 Å². The van der Waals surface area contributed by atoms with Gasteiger partial charge in [0.1, 0.15) is 0 Å². The minimum Gasteiger partial charge on any atom is -0.262 e. The van der Waals surface area contributed by atoms with Crippen molar-refractivity contribution in [3.05, 3.63) is 140 Å². The van der Waals surface area contributed by atoms with E-state index in [4.69, 9.17) is 4.98 Å². The van der Waals surface area contributed by atoms with Crippen molar-refractivity contribution in [2.45, 2.75) is 0 Å². The Balaban J connectivity index is 1.36. The van der Waals surface area contributed by atoms with E-state index in [1.165, 1.54) is 21.5 Å². The summed E-state index contributed by atoms with van der Waals surface area (Å²) in [6, 6.07) is 40.1. The lowest BCUT2D eigenvalue weighted by atomic mass is 9.89. The monoisotopic (exact) mass is 562 g/mol. The van der Waals surface area contributed by atoms with Crippen LogP contribution >= 0.6 is 0 Å². The van der Waals surface area contributed by atoms with Crippen molar-refractivity contribution in [1.29, 1.82) is 0 Å². The van der Waals surface area contributed by atoms with Gasteiger partial charge in [0.2, 0.25) is 0 Å². The normalized spacial score (nSPS) is 11.4. The summed E-state index contributed by atoms with van der Waals surface area (Å²) < 4.78 is 0. The molecule has 4 nitrogen and oxygen atoms in total. The van der Waals surface area contributed by atoms with E-state index in [2.05, 4.69) is 131 Å². The van der Waals surface area contributed by atoms with Crippen LogP contribution in [0.15, 0.2) is 139 Å². The van der Waals surface area contributed by atoms with Crippen molar-refractivity contribution < 1.29 is 0 Å². The molecule has 2 aromatic heterocycles. The Hall–Kier alpha value is -6.00. The van der Waals surface area contributed by atoms with Crippen LogP contribution in [0.4, 0.5) is 5.69 Å². The lowest BCUT2D eigenvalue weighted by molar-refractivity contribution is 1.18. The highest BCUT2D eigenvalue weighted by Gasteiger charge is 2.18. The van der Waals surface area contributed by atoms with Crippen molar-refractivity contribution in [1.82, 2.24) is 15.0 Å². The van der Waals surface area contributed by atoms with Crippen LogP contribution in [0.1, 0.15) is 5.56 Å². The van der Waals surface area contributed by atoms with Crippen LogP contribution in [0, 0.1) is 0 Å². The van der Waals surface area contributed by atoms with Crippen molar-refractivity contribution in [3.63, 3.8) is 0 Å². The number of aliphatic imine (C=N–C) groups is 1.